The van der Waals surface area contributed by atoms with Crippen molar-refractivity contribution in [3.63, 3.8) is 0 Å². The summed E-state index contributed by atoms with van der Waals surface area (Å²) in [4.78, 5) is 4.09. The summed E-state index contributed by atoms with van der Waals surface area (Å²) in [6.45, 7) is 8.97. The Balaban J connectivity index is 0. The molecule has 2 heteroatoms. The molecule has 0 spiro atoms. The van der Waals surface area contributed by atoms with Gasteiger partial charge in [0.05, 0.1) is 0 Å². The second-order valence-corrected chi connectivity index (χ2v) is 2.12. The summed E-state index contributed by atoms with van der Waals surface area (Å²) in [6.07, 6.45) is 5.63. The highest BCUT2D eigenvalue weighted by Gasteiger charge is 1.87. The van der Waals surface area contributed by atoms with E-state index >= 15 is 0 Å². The summed E-state index contributed by atoms with van der Waals surface area (Å²) in [5.74, 6) is 0. The fourth-order valence-corrected chi connectivity index (χ4v) is 0.688. The largest absolute Gasteiger partial charge is 0.404 e. The molecular formula is C10H22N2. The highest BCUT2D eigenvalue weighted by molar-refractivity contribution is 5.78. The van der Waals surface area contributed by atoms with Crippen LogP contribution in [-0.2, 0) is 0 Å². The predicted molar refractivity (Wildman–Crippen MR) is 57.6 cm³/mol. The van der Waals surface area contributed by atoms with E-state index in [2.05, 4.69) is 11.9 Å². The first-order valence-corrected chi connectivity index (χ1v) is 4.75. The van der Waals surface area contributed by atoms with Crippen molar-refractivity contribution < 1.29 is 0 Å². The van der Waals surface area contributed by atoms with E-state index in [-0.39, 0.29) is 0 Å². The van der Waals surface area contributed by atoms with E-state index in [0.29, 0.717) is 0 Å². The van der Waals surface area contributed by atoms with Crippen molar-refractivity contribution in [2.24, 2.45) is 10.7 Å². The van der Waals surface area contributed by atoms with Gasteiger partial charge in [-0.3, -0.25) is 4.99 Å². The molecule has 0 aliphatic rings. The van der Waals surface area contributed by atoms with E-state index in [1.165, 1.54) is 0 Å². The Morgan fingerprint density at radius 2 is 1.92 bits per heavy atom. The number of nitrogens with two attached hydrogens (primary N) is 1. The van der Waals surface area contributed by atoms with Crippen LogP contribution in [0.5, 0.6) is 0 Å². The second-order valence-electron chi connectivity index (χ2n) is 2.12. The first kappa shape index (κ1) is 13.8. The van der Waals surface area contributed by atoms with Crippen LogP contribution in [0.25, 0.3) is 0 Å². The van der Waals surface area contributed by atoms with Crippen LogP contribution in [0.4, 0.5) is 0 Å². The quantitative estimate of drug-likeness (QED) is 0.647. The number of hydrogen-bond acceptors (Lipinski definition) is 2. The standard InChI is InChI=1S/C8H16N2.C2H6/c1-3-5-8(6-9)7-10-4-2;1-2/h6-7H,3-5,9H2,1-2H3;1-2H3/b8-6-,10-7?;. The Morgan fingerprint density at radius 1 is 1.33 bits per heavy atom. The molecule has 72 valence electrons. The first-order chi connectivity index (χ1) is 5.85. The van der Waals surface area contributed by atoms with Gasteiger partial charge in [-0.05, 0) is 25.1 Å². The summed E-state index contributed by atoms with van der Waals surface area (Å²) in [6, 6.07) is 0. The van der Waals surface area contributed by atoms with Crippen molar-refractivity contribution in [2.45, 2.75) is 40.5 Å². The summed E-state index contributed by atoms with van der Waals surface area (Å²) in [7, 11) is 0. The van der Waals surface area contributed by atoms with E-state index in [1.807, 2.05) is 27.0 Å². The number of rotatable bonds is 4. The number of allylic oxidation sites excluding steroid dienone is 1. The monoisotopic (exact) mass is 170 g/mol. The Bertz CT molecular complexity index is 126. The molecule has 0 amide bonds. The van der Waals surface area contributed by atoms with Crippen molar-refractivity contribution in [2.75, 3.05) is 6.54 Å². The van der Waals surface area contributed by atoms with Crippen LogP contribution >= 0.6 is 0 Å². The third-order valence-corrected chi connectivity index (χ3v) is 1.19. The van der Waals surface area contributed by atoms with Crippen LogP contribution in [0.1, 0.15) is 40.5 Å². The molecule has 0 aromatic rings. The molecule has 0 aliphatic heterocycles. The minimum Gasteiger partial charge on any atom is -0.404 e. The van der Waals surface area contributed by atoms with E-state index in [9.17, 15) is 0 Å². The number of aliphatic imine (C=N–C) groups is 1. The zero-order chi connectivity index (χ0) is 9.82. The van der Waals surface area contributed by atoms with Crippen molar-refractivity contribution in [3.8, 4) is 0 Å². The molecule has 0 unspecified atom stereocenters. The molecule has 0 heterocycles. The molecule has 0 aromatic carbocycles. The van der Waals surface area contributed by atoms with Crippen LogP contribution in [-0.4, -0.2) is 12.8 Å². The van der Waals surface area contributed by atoms with Gasteiger partial charge in [0.25, 0.3) is 0 Å². The Morgan fingerprint density at radius 3 is 2.25 bits per heavy atom. The molecular weight excluding hydrogens is 148 g/mol. The van der Waals surface area contributed by atoms with Gasteiger partial charge < -0.3 is 5.73 Å². The lowest BCUT2D eigenvalue weighted by atomic mass is 10.2. The number of nitrogens with zero attached hydrogens (tertiary/aromatic N) is 1. The van der Waals surface area contributed by atoms with Crippen molar-refractivity contribution >= 4 is 6.21 Å². The molecule has 0 saturated carbocycles. The summed E-state index contributed by atoms with van der Waals surface area (Å²) < 4.78 is 0. The van der Waals surface area contributed by atoms with Crippen LogP contribution in [0.2, 0.25) is 0 Å². The zero-order valence-electron chi connectivity index (χ0n) is 8.80. The third-order valence-electron chi connectivity index (χ3n) is 1.19. The lowest BCUT2D eigenvalue weighted by Crippen LogP contribution is -1.90. The summed E-state index contributed by atoms with van der Waals surface area (Å²) in [5, 5.41) is 0. The van der Waals surface area contributed by atoms with E-state index in [0.717, 1.165) is 25.0 Å². The molecule has 0 aliphatic carbocycles. The van der Waals surface area contributed by atoms with Crippen molar-refractivity contribution in [3.05, 3.63) is 11.8 Å². The molecule has 2 N–H and O–H groups in total. The van der Waals surface area contributed by atoms with Crippen LogP contribution in [0.15, 0.2) is 16.8 Å². The highest BCUT2D eigenvalue weighted by Crippen LogP contribution is 1.98. The van der Waals surface area contributed by atoms with Crippen LogP contribution in [0, 0.1) is 0 Å². The predicted octanol–water partition coefficient (Wildman–Crippen LogP) is 2.75. The maximum absolute atomic E-state index is 5.35. The molecule has 0 saturated heterocycles. The molecule has 12 heavy (non-hydrogen) atoms. The highest BCUT2D eigenvalue weighted by atomic mass is 14.7. The molecule has 0 fully saturated rings. The maximum Gasteiger partial charge on any atom is 0.0361 e. The second kappa shape index (κ2) is 12.8. The number of hydrogen-bond donors (Lipinski definition) is 1. The fraction of sp³-hybridized carbons (Fsp3) is 0.700. The normalized spacial score (nSPS) is 11.2. The zero-order valence-corrected chi connectivity index (χ0v) is 8.80. The Hall–Kier alpha value is -0.790. The molecule has 0 rings (SSSR count). The summed E-state index contributed by atoms with van der Waals surface area (Å²) >= 11 is 0. The van der Waals surface area contributed by atoms with E-state index in [4.69, 9.17) is 5.73 Å². The van der Waals surface area contributed by atoms with E-state index in [1.54, 1.807) is 6.20 Å². The van der Waals surface area contributed by atoms with Gasteiger partial charge in [0.15, 0.2) is 0 Å². The lowest BCUT2D eigenvalue weighted by Gasteiger charge is -1.94. The SMILES string of the molecule is CC.CCC/C(C=NCC)=C/N. The fourth-order valence-electron chi connectivity index (χ4n) is 0.688. The molecule has 0 bridgehead atoms. The Kier molecular flexibility index (Phi) is 14.8. The van der Waals surface area contributed by atoms with Crippen LogP contribution in [0.3, 0.4) is 0 Å². The maximum atomic E-state index is 5.35. The van der Waals surface area contributed by atoms with Gasteiger partial charge in [0, 0.05) is 12.8 Å². The van der Waals surface area contributed by atoms with Crippen LogP contribution < -0.4 is 5.73 Å². The minimum atomic E-state index is 0.834. The summed E-state index contributed by atoms with van der Waals surface area (Å²) in [5.41, 5.74) is 6.48. The topological polar surface area (TPSA) is 38.4 Å². The van der Waals surface area contributed by atoms with Gasteiger partial charge in [-0.15, -0.1) is 0 Å². The van der Waals surface area contributed by atoms with E-state index < -0.39 is 0 Å². The Labute approximate surface area is 76.6 Å². The lowest BCUT2D eigenvalue weighted by molar-refractivity contribution is 0.933. The van der Waals surface area contributed by atoms with Crippen molar-refractivity contribution in [1.82, 2.24) is 0 Å². The third kappa shape index (κ3) is 9.21. The van der Waals surface area contributed by atoms with Gasteiger partial charge in [-0.1, -0.05) is 27.2 Å². The van der Waals surface area contributed by atoms with Gasteiger partial charge >= 0.3 is 0 Å². The van der Waals surface area contributed by atoms with Gasteiger partial charge in [0.2, 0.25) is 0 Å². The molecule has 0 atom stereocenters. The minimum absolute atomic E-state index is 0.834. The average molecular weight is 170 g/mol. The smallest absolute Gasteiger partial charge is 0.0361 e. The average Bonchev–Trinajstić information content (AvgIpc) is 2.15. The van der Waals surface area contributed by atoms with Gasteiger partial charge in [-0.2, -0.15) is 0 Å². The van der Waals surface area contributed by atoms with Crippen molar-refractivity contribution in [1.29, 1.82) is 0 Å². The molecule has 2 nitrogen and oxygen atoms in total. The molecule has 0 radical (unpaired) electrons. The van der Waals surface area contributed by atoms with Gasteiger partial charge in [0.1, 0.15) is 0 Å². The van der Waals surface area contributed by atoms with Gasteiger partial charge in [-0.25, -0.2) is 0 Å². The molecule has 0 aromatic heterocycles. The first-order valence-electron chi connectivity index (χ1n) is 4.75.